The summed E-state index contributed by atoms with van der Waals surface area (Å²) < 4.78 is 0. The largest absolute Gasteiger partial charge is 0.346 e. The molecule has 0 saturated carbocycles. The highest BCUT2D eigenvalue weighted by molar-refractivity contribution is 7.15. The highest BCUT2D eigenvalue weighted by atomic mass is 35.5. The molecular weight excluding hydrogens is 434 g/mol. The lowest BCUT2D eigenvalue weighted by atomic mass is 10.2. The Labute approximate surface area is 190 Å². The Morgan fingerprint density at radius 3 is 2.45 bits per heavy atom. The number of nitrogens with one attached hydrogen (secondary N) is 2. The molecular formula is C22H24ClN5O2S. The van der Waals surface area contributed by atoms with E-state index in [1.165, 1.54) is 5.56 Å². The van der Waals surface area contributed by atoms with E-state index in [1.807, 2.05) is 32.2 Å². The summed E-state index contributed by atoms with van der Waals surface area (Å²) in [5.41, 5.74) is 1.76. The van der Waals surface area contributed by atoms with Gasteiger partial charge in [0.25, 0.3) is 11.8 Å². The number of anilines is 1. The maximum absolute atomic E-state index is 12.6. The van der Waals surface area contributed by atoms with Gasteiger partial charge in [0.05, 0.1) is 0 Å². The van der Waals surface area contributed by atoms with Gasteiger partial charge in [0, 0.05) is 29.8 Å². The topological polar surface area (TPSA) is 87.2 Å². The van der Waals surface area contributed by atoms with Crippen LogP contribution in [0.4, 0.5) is 5.69 Å². The minimum Gasteiger partial charge on any atom is -0.346 e. The van der Waals surface area contributed by atoms with Gasteiger partial charge in [-0.2, -0.15) is 0 Å². The second-order valence-electron chi connectivity index (χ2n) is 7.14. The Bertz CT molecular complexity index is 1030. The Kier molecular flexibility index (Phi) is 8.11. The lowest BCUT2D eigenvalue weighted by Crippen LogP contribution is -2.42. The summed E-state index contributed by atoms with van der Waals surface area (Å²) in [5.74, 6) is -0.771. The normalized spacial score (nSPS) is 11.9. The minimum atomic E-state index is -0.437. The summed E-state index contributed by atoms with van der Waals surface area (Å²) in [7, 11) is 2.02. The third-order valence-corrected chi connectivity index (χ3v) is 5.71. The predicted molar refractivity (Wildman–Crippen MR) is 124 cm³/mol. The molecule has 3 rings (SSSR count). The molecule has 0 aliphatic carbocycles. The van der Waals surface area contributed by atoms with Gasteiger partial charge < -0.3 is 15.5 Å². The first kappa shape index (κ1) is 22.9. The molecule has 0 aliphatic heterocycles. The highest BCUT2D eigenvalue weighted by Crippen LogP contribution is 2.17. The van der Waals surface area contributed by atoms with Crippen LogP contribution in [0.5, 0.6) is 0 Å². The minimum absolute atomic E-state index is 0.0474. The average molecular weight is 458 g/mol. The predicted octanol–water partition coefficient (Wildman–Crippen LogP) is 4.08. The molecule has 1 aromatic heterocycles. The van der Waals surface area contributed by atoms with Crippen LogP contribution in [-0.4, -0.2) is 46.5 Å². The number of benzene rings is 2. The molecule has 9 heteroatoms. The van der Waals surface area contributed by atoms with Gasteiger partial charge in [0.2, 0.25) is 10.0 Å². The first-order chi connectivity index (χ1) is 14.9. The zero-order chi connectivity index (χ0) is 22.2. The van der Waals surface area contributed by atoms with Gasteiger partial charge in [-0.15, -0.1) is 10.2 Å². The van der Waals surface area contributed by atoms with Crippen LogP contribution < -0.4 is 10.6 Å². The van der Waals surface area contributed by atoms with Crippen molar-refractivity contribution in [2.45, 2.75) is 25.9 Å². The van der Waals surface area contributed by atoms with Crippen LogP contribution in [0.1, 0.15) is 38.5 Å². The molecule has 1 heterocycles. The van der Waals surface area contributed by atoms with Gasteiger partial charge in [-0.05, 0) is 37.2 Å². The van der Waals surface area contributed by atoms with Gasteiger partial charge in [-0.25, -0.2) is 0 Å². The third kappa shape index (κ3) is 6.85. The average Bonchev–Trinajstić information content (AvgIpc) is 3.24. The van der Waals surface area contributed by atoms with E-state index in [1.54, 1.807) is 24.3 Å². The molecule has 0 unspecified atom stereocenters. The van der Waals surface area contributed by atoms with E-state index in [4.69, 9.17) is 11.6 Å². The number of carbonyl (C=O) groups excluding carboxylic acids is 2. The van der Waals surface area contributed by atoms with E-state index in [0.717, 1.165) is 24.3 Å². The van der Waals surface area contributed by atoms with Gasteiger partial charge in [0.1, 0.15) is 0 Å². The van der Waals surface area contributed by atoms with E-state index in [2.05, 4.69) is 37.9 Å². The summed E-state index contributed by atoms with van der Waals surface area (Å²) in [6.07, 6.45) is 0.770. The number of rotatable bonds is 9. The summed E-state index contributed by atoms with van der Waals surface area (Å²) in [5, 5.41) is 14.2. The smallest absolute Gasteiger partial charge is 0.286 e. The molecule has 0 radical (unpaired) electrons. The zero-order valence-corrected chi connectivity index (χ0v) is 18.9. The number of carbonyl (C=O) groups is 2. The highest BCUT2D eigenvalue weighted by Gasteiger charge is 2.20. The number of hydrogen-bond donors (Lipinski definition) is 2. The van der Waals surface area contributed by atoms with Crippen molar-refractivity contribution in [1.29, 1.82) is 0 Å². The molecule has 2 N–H and O–H groups in total. The van der Waals surface area contributed by atoms with Crippen LogP contribution in [0.3, 0.4) is 0 Å². The van der Waals surface area contributed by atoms with Crippen molar-refractivity contribution >= 4 is 40.4 Å². The Hall–Kier alpha value is -2.81. The monoisotopic (exact) mass is 457 g/mol. The maximum atomic E-state index is 12.6. The van der Waals surface area contributed by atoms with Crippen LogP contribution in [0.15, 0.2) is 54.6 Å². The Morgan fingerprint density at radius 2 is 1.77 bits per heavy atom. The third-order valence-electron chi connectivity index (χ3n) is 4.55. The Morgan fingerprint density at radius 1 is 1.06 bits per heavy atom. The zero-order valence-electron chi connectivity index (χ0n) is 17.3. The van der Waals surface area contributed by atoms with Crippen LogP contribution >= 0.6 is 22.9 Å². The van der Waals surface area contributed by atoms with E-state index in [0.29, 0.717) is 17.3 Å². The fourth-order valence-electron chi connectivity index (χ4n) is 3.02. The maximum Gasteiger partial charge on any atom is 0.286 e. The first-order valence-corrected chi connectivity index (χ1v) is 11.1. The molecule has 0 fully saturated rings. The SMILES string of the molecule is CC[C@H](CN(C)Cc1ccccc1)NC(=O)c1nnc(C(=O)Nc2cccc(Cl)c2)s1. The molecule has 7 nitrogen and oxygen atoms in total. The van der Waals surface area contributed by atoms with Crippen LogP contribution in [0.2, 0.25) is 5.02 Å². The van der Waals surface area contributed by atoms with E-state index in [-0.39, 0.29) is 22.0 Å². The van der Waals surface area contributed by atoms with Crippen LogP contribution in [0, 0.1) is 0 Å². The molecule has 2 aromatic carbocycles. The molecule has 0 bridgehead atoms. The molecule has 0 aliphatic rings. The lowest BCUT2D eigenvalue weighted by molar-refractivity contribution is 0.0923. The van der Waals surface area contributed by atoms with Crippen molar-refractivity contribution in [3.05, 3.63) is 75.2 Å². The lowest BCUT2D eigenvalue weighted by Gasteiger charge is -2.23. The van der Waals surface area contributed by atoms with Crippen molar-refractivity contribution in [2.75, 3.05) is 18.9 Å². The summed E-state index contributed by atoms with van der Waals surface area (Å²) >= 11 is 6.88. The molecule has 2 amide bonds. The molecule has 0 saturated heterocycles. The van der Waals surface area contributed by atoms with E-state index < -0.39 is 5.91 Å². The fraction of sp³-hybridized carbons (Fsp3) is 0.273. The number of aromatic nitrogens is 2. The number of halogens is 1. The molecule has 31 heavy (non-hydrogen) atoms. The second kappa shape index (κ2) is 11.0. The van der Waals surface area contributed by atoms with Gasteiger partial charge >= 0.3 is 0 Å². The van der Waals surface area contributed by atoms with E-state index in [9.17, 15) is 9.59 Å². The van der Waals surface area contributed by atoms with Crippen molar-refractivity contribution in [1.82, 2.24) is 20.4 Å². The molecule has 0 spiro atoms. The summed E-state index contributed by atoms with van der Waals surface area (Å²) in [6.45, 7) is 3.50. The summed E-state index contributed by atoms with van der Waals surface area (Å²) in [4.78, 5) is 27.2. The second-order valence-corrected chi connectivity index (χ2v) is 8.55. The summed E-state index contributed by atoms with van der Waals surface area (Å²) in [6, 6.07) is 16.9. The fourth-order valence-corrected chi connectivity index (χ4v) is 3.85. The van der Waals surface area contributed by atoms with Gasteiger partial charge in [0.15, 0.2) is 0 Å². The standard InChI is InChI=1S/C22H24ClN5O2S/c1-3-17(14-28(2)13-15-8-5-4-6-9-15)24-19(29)21-26-27-22(31-21)20(30)25-18-11-7-10-16(23)12-18/h4-12,17H,3,13-14H2,1-2H3,(H,24,29)(H,25,30)/t17-/m1/s1. The molecule has 1 atom stereocenters. The first-order valence-electron chi connectivity index (χ1n) is 9.88. The van der Waals surface area contributed by atoms with Crippen molar-refractivity contribution < 1.29 is 9.59 Å². The number of likely N-dealkylation sites (N-methyl/N-ethyl adjacent to an activating group) is 1. The van der Waals surface area contributed by atoms with Crippen molar-refractivity contribution in [2.24, 2.45) is 0 Å². The number of amides is 2. The number of hydrogen-bond acceptors (Lipinski definition) is 6. The van der Waals surface area contributed by atoms with Crippen molar-refractivity contribution in [3.63, 3.8) is 0 Å². The van der Waals surface area contributed by atoms with E-state index >= 15 is 0 Å². The van der Waals surface area contributed by atoms with Gasteiger partial charge in [-0.1, -0.05) is 66.3 Å². The Balaban J connectivity index is 1.55. The number of nitrogens with zero attached hydrogens (tertiary/aromatic N) is 3. The molecule has 162 valence electrons. The van der Waals surface area contributed by atoms with Crippen LogP contribution in [-0.2, 0) is 6.54 Å². The van der Waals surface area contributed by atoms with Crippen LogP contribution in [0.25, 0.3) is 0 Å². The van der Waals surface area contributed by atoms with Gasteiger partial charge in [-0.3, -0.25) is 9.59 Å². The quantitative estimate of drug-likeness (QED) is 0.505. The molecule has 3 aromatic rings. The van der Waals surface area contributed by atoms with Crippen molar-refractivity contribution in [3.8, 4) is 0 Å².